The topological polar surface area (TPSA) is 0 Å². The molecule has 9 heavy (non-hydrogen) atoms. The molecule has 0 nitrogen and oxygen atoms in total. The predicted octanol–water partition coefficient (Wildman–Crippen LogP) is 3.40. The van der Waals surface area contributed by atoms with Gasteiger partial charge in [-0.1, -0.05) is 33.7 Å². The summed E-state index contributed by atoms with van der Waals surface area (Å²) in [5.74, 6) is 0. The number of halogens is 1. The molecule has 1 aliphatic rings. The second-order valence-corrected chi connectivity index (χ2v) is 2.85. The zero-order chi connectivity index (χ0) is 6.53. The van der Waals surface area contributed by atoms with Gasteiger partial charge in [0.1, 0.15) is 0 Å². The van der Waals surface area contributed by atoms with Crippen LogP contribution in [0.4, 0.5) is 0 Å². The van der Waals surface area contributed by atoms with Gasteiger partial charge in [-0.2, -0.15) is 0 Å². The first-order valence-corrected chi connectivity index (χ1v) is 4.31. The summed E-state index contributed by atoms with van der Waals surface area (Å²) in [6, 6.07) is 0. The van der Waals surface area contributed by atoms with E-state index in [0.29, 0.717) is 0 Å². The van der Waals surface area contributed by atoms with Crippen LogP contribution >= 0.6 is 15.9 Å². The van der Waals surface area contributed by atoms with Gasteiger partial charge < -0.3 is 0 Å². The Morgan fingerprint density at radius 1 is 1.44 bits per heavy atom. The summed E-state index contributed by atoms with van der Waals surface area (Å²) in [5.41, 5.74) is 1.48. The minimum atomic E-state index is 1.27. The van der Waals surface area contributed by atoms with Gasteiger partial charge in [-0.3, -0.25) is 0 Å². The van der Waals surface area contributed by atoms with Crippen molar-refractivity contribution in [3.8, 4) is 0 Å². The van der Waals surface area contributed by atoms with Crippen molar-refractivity contribution in [2.45, 2.75) is 25.7 Å². The van der Waals surface area contributed by atoms with Gasteiger partial charge in [-0.15, -0.1) is 0 Å². The van der Waals surface area contributed by atoms with Crippen molar-refractivity contribution >= 4 is 15.9 Å². The Hall–Kier alpha value is -0.0400. The van der Waals surface area contributed by atoms with Gasteiger partial charge in [0.05, 0.1) is 0 Å². The first kappa shape index (κ1) is 7.07. The van der Waals surface area contributed by atoms with Crippen LogP contribution in [0.15, 0.2) is 22.7 Å². The average Bonchev–Trinajstić information content (AvgIpc) is 1.91. The molecule has 0 saturated carbocycles. The lowest BCUT2D eigenvalue weighted by Crippen LogP contribution is -1.87. The third-order valence-electron chi connectivity index (χ3n) is 1.60. The van der Waals surface area contributed by atoms with E-state index in [1.807, 2.05) is 4.99 Å². The molecule has 0 aliphatic heterocycles. The molecule has 0 radical (unpaired) electrons. The lowest BCUT2D eigenvalue weighted by molar-refractivity contribution is 0.712. The normalized spacial score (nSPS) is 20.3. The first-order chi connectivity index (χ1) is 4.43. The molecule has 0 fully saturated rings. The molecular formula is C8H11Br. The van der Waals surface area contributed by atoms with Gasteiger partial charge in [0.25, 0.3) is 0 Å². The highest BCUT2D eigenvalue weighted by Crippen LogP contribution is 2.18. The Morgan fingerprint density at radius 3 is 2.89 bits per heavy atom. The summed E-state index contributed by atoms with van der Waals surface area (Å²) in [6.45, 7) is 0. The van der Waals surface area contributed by atoms with Crippen LogP contribution in [-0.4, -0.2) is 0 Å². The zero-order valence-corrected chi connectivity index (χ0v) is 7.02. The highest BCUT2D eigenvalue weighted by atomic mass is 79.9. The van der Waals surface area contributed by atoms with Crippen LogP contribution in [-0.2, 0) is 0 Å². The standard InChI is InChI=1S/C8H11Br/c9-7-6-8-4-2-1-3-5-8/h4,6-7H,1-3,5H2. The van der Waals surface area contributed by atoms with Crippen molar-refractivity contribution in [2.24, 2.45) is 0 Å². The van der Waals surface area contributed by atoms with E-state index in [9.17, 15) is 0 Å². The molecule has 1 aliphatic carbocycles. The Bertz CT molecular complexity index is 134. The lowest BCUT2D eigenvalue weighted by atomic mass is 10.0. The van der Waals surface area contributed by atoms with E-state index in [0.717, 1.165) is 0 Å². The van der Waals surface area contributed by atoms with Crippen LogP contribution in [0.2, 0.25) is 0 Å². The highest BCUT2D eigenvalue weighted by molar-refractivity contribution is 9.11. The van der Waals surface area contributed by atoms with E-state index < -0.39 is 0 Å². The molecule has 1 rings (SSSR count). The van der Waals surface area contributed by atoms with Crippen molar-refractivity contribution < 1.29 is 0 Å². The van der Waals surface area contributed by atoms with E-state index in [4.69, 9.17) is 0 Å². The molecule has 0 N–H and O–H groups in total. The van der Waals surface area contributed by atoms with Crippen LogP contribution < -0.4 is 0 Å². The van der Waals surface area contributed by atoms with Crippen LogP contribution in [0.5, 0.6) is 0 Å². The van der Waals surface area contributed by atoms with Crippen LogP contribution in [0.3, 0.4) is 0 Å². The maximum Gasteiger partial charge on any atom is -0.0186 e. The molecule has 0 bridgehead atoms. The summed E-state index contributed by atoms with van der Waals surface area (Å²) in [7, 11) is 0. The Balaban J connectivity index is 2.46. The fraction of sp³-hybridized carbons (Fsp3) is 0.500. The van der Waals surface area contributed by atoms with Crippen molar-refractivity contribution in [3.05, 3.63) is 22.7 Å². The van der Waals surface area contributed by atoms with E-state index in [-0.39, 0.29) is 0 Å². The minimum Gasteiger partial charge on any atom is -0.0813 e. The van der Waals surface area contributed by atoms with Gasteiger partial charge in [0.15, 0.2) is 0 Å². The fourth-order valence-corrected chi connectivity index (χ4v) is 1.43. The highest BCUT2D eigenvalue weighted by Gasteiger charge is 1.97. The smallest absolute Gasteiger partial charge is 0.0186 e. The van der Waals surface area contributed by atoms with Gasteiger partial charge in [-0.25, -0.2) is 0 Å². The molecule has 0 unspecified atom stereocenters. The average molecular weight is 187 g/mol. The maximum absolute atomic E-state index is 3.26. The van der Waals surface area contributed by atoms with E-state index in [1.165, 1.54) is 31.3 Å². The number of hydrogen-bond donors (Lipinski definition) is 0. The third-order valence-corrected chi connectivity index (χ3v) is 1.87. The molecule has 0 aromatic heterocycles. The Morgan fingerprint density at radius 2 is 2.33 bits per heavy atom. The quantitative estimate of drug-likeness (QED) is 0.590. The van der Waals surface area contributed by atoms with Crippen molar-refractivity contribution in [2.75, 3.05) is 0 Å². The Kier molecular flexibility index (Phi) is 3.05. The summed E-state index contributed by atoms with van der Waals surface area (Å²) >= 11 is 3.26. The van der Waals surface area contributed by atoms with Crippen LogP contribution in [0.1, 0.15) is 25.7 Å². The monoisotopic (exact) mass is 186 g/mol. The molecule has 0 atom stereocenters. The molecule has 50 valence electrons. The predicted molar refractivity (Wildman–Crippen MR) is 44.6 cm³/mol. The van der Waals surface area contributed by atoms with Crippen molar-refractivity contribution in [1.82, 2.24) is 0 Å². The Labute approximate surface area is 64.8 Å². The number of hydrogen-bond acceptors (Lipinski definition) is 0. The number of allylic oxidation sites excluding steroid dienone is 3. The second kappa shape index (κ2) is 3.89. The number of rotatable bonds is 1. The maximum atomic E-state index is 3.26. The molecule has 1 heteroatoms. The van der Waals surface area contributed by atoms with Crippen LogP contribution in [0.25, 0.3) is 0 Å². The van der Waals surface area contributed by atoms with Crippen molar-refractivity contribution in [3.63, 3.8) is 0 Å². The third kappa shape index (κ3) is 2.35. The lowest BCUT2D eigenvalue weighted by Gasteiger charge is -2.06. The molecule has 0 aromatic rings. The summed E-state index contributed by atoms with van der Waals surface area (Å²) in [5, 5.41) is 0. The molecule has 0 aromatic carbocycles. The molecule has 0 heterocycles. The van der Waals surface area contributed by atoms with E-state index >= 15 is 0 Å². The SMILES string of the molecule is BrC=CC1=CCCCC1. The van der Waals surface area contributed by atoms with Crippen molar-refractivity contribution in [1.29, 1.82) is 0 Å². The zero-order valence-electron chi connectivity index (χ0n) is 5.44. The molecular weight excluding hydrogens is 176 g/mol. The van der Waals surface area contributed by atoms with E-state index in [2.05, 4.69) is 28.1 Å². The minimum absolute atomic E-state index is 1.27. The summed E-state index contributed by atoms with van der Waals surface area (Å²) in [4.78, 5) is 1.93. The molecule has 0 saturated heterocycles. The summed E-state index contributed by atoms with van der Waals surface area (Å²) in [6.07, 6.45) is 9.73. The molecule has 0 spiro atoms. The van der Waals surface area contributed by atoms with E-state index in [1.54, 1.807) is 0 Å². The van der Waals surface area contributed by atoms with Crippen LogP contribution in [0, 0.1) is 0 Å². The van der Waals surface area contributed by atoms with Gasteiger partial charge in [-0.05, 0) is 30.7 Å². The fourth-order valence-electron chi connectivity index (χ4n) is 1.10. The molecule has 0 amide bonds. The summed E-state index contributed by atoms with van der Waals surface area (Å²) < 4.78 is 0. The van der Waals surface area contributed by atoms with Gasteiger partial charge in [0.2, 0.25) is 0 Å². The van der Waals surface area contributed by atoms with Gasteiger partial charge >= 0.3 is 0 Å². The second-order valence-electron chi connectivity index (χ2n) is 2.32. The first-order valence-electron chi connectivity index (χ1n) is 3.39. The largest absolute Gasteiger partial charge is 0.0813 e. The van der Waals surface area contributed by atoms with Gasteiger partial charge in [0, 0.05) is 0 Å².